The van der Waals surface area contributed by atoms with Crippen LogP contribution in [0.2, 0.25) is 0 Å². The average Bonchev–Trinajstić information content (AvgIpc) is 2.98. The highest BCUT2D eigenvalue weighted by Gasteiger charge is 2.18. The SMILES string of the molecule is C/C(=N\NC(=O)[C@@H](O)c1ccccc1C)c1ccco1. The molecule has 2 rings (SSSR count). The summed E-state index contributed by atoms with van der Waals surface area (Å²) < 4.78 is 5.15. The van der Waals surface area contributed by atoms with E-state index in [1.54, 1.807) is 31.2 Å². The van der Waals surface area contributed by atoms with E-state index in [0.29, 0.717) is 17.0 Å². The van der Waals surface area contributed by atoms with E-state index in [1.807, 2.05) is 19.1 Å². The molecule has 0 aliphatic rings. The van der Waals surface area contributed by atoms with Crippen LogP contribution in [-0.4, -0.2) is 16.7 Å². The molecule has 0 saturated heterocycles. The number of aliphatic hydroxyl groups excluding tert-OH is 1. The number of nitrogens with zero attached hydrogens (tertiary/aromatic N) is 1. The number of carbonyl (C=O) groups is 1. The second kappa shape index (κ2) is 6.16. The van der Waals surface area contributed by atoms with Gasteiger partial charge in [0.15, 0.2) is 6.10 Å². The Bertz CT molecular complexity index is 618. The Morgan fingerprint density at radius 2 is 2.05 bits per heavy atom. The van der Waals surface area contributed by atoms with Crippen molar-refractivity contribution in [2.45, 2.75) is 20.0 Å². The molecule has 1 aromatic carbocycles. The number of rotatable bonds is 4. The van der Waals surface area contributed by atoms with E-state index < -0.39 is 12.0 Å². The number of hydrazone groups is 1. The fourth-order valence-electron chi connectivity index (χ4n) is 1.77. The maximum Gasteiger partial charge on any atom is 0.273 e. The van der Waals surface area contributed by atoms with Crippen LogP contribution in [0, 0.1) is 6.92 Å². The highest BCUT2D eigenvalue weighted by atomic mass is 16.3. The Labute approximate surface area is 116 Å². The summed E-state index contributed by atoms with van der Waals surface area (Å²) >= 11 is 0. The second-order valence-corrected chi connectivity index (χ2v) is 4.41. The molecular formula is C15H16N2O3. The molecule has 2 N–H and O–H groups in total. The summed E-state index contributed by atoms with van der Waals surface area (Å²) in [4.78, 5) is 11.9. The third kappa shape index (κ3) is 3.13. The lowest BCUT2D eigenvalue weighted by molar-refractivity contribution is -0.129. The van der Waals surface area contributed by atoms with Gasteiger partial charge in [0.25, 0.3) is 5.91 Å². The maximum absolute atomic E-state index is 11.9. The van der Waals surface area contributed by atoms with Gasteiger partial charge in [-0.1, -0.05) is 24.3 Å². The molecule has 0 aliphatic heterocycles. The number of aliphatic hydroxyl groups is 1. The van der Waals surface area contributed by atoms with Crippen LogP contribution >= 0.6 is 0 Å². The first kappa shape index (κ1) is 14.0. The van der Waals surface area contributed by atoms with Crippen molar-refractivity contribution in [1.82, 2.24) is 5.43 Å². The minimum absolute atomic E-state index is 0.528. The Kier molecular flexibility index (Phi) is 4.32. The summed E-state index contributed by atoms with van der Waals surface area (Å²) in [6.07, 6.45) is 0.280. The topological polar surface area (TPSA) is 74.8 Å². The van der Waals surface area contributed by atoms with Gasteiger partial charge >= 0.3 is 0 Å². The van der Waals surface area contributed by atoms with Crippen LogP contribution in [0.5, 0.6) is 0 Å². The van der Waals surface area contributed by atoms with Crippen LogP contribution in [0.3, 0.4) is 0 Å². The molecule has 5 heteroatoms. The Morgan fingerprint density at radius 1 is 1.30 bits per heavy atom. The zero-order chi connectivity index (χ0) is 14.5. The smallest absolute Gasteiger partial charge is 0.273 e. The van der Waals surface area contributed by atoms with Crippen molar-refractivity contribution in [1.29, 1.82) is 0 Å². The van der Waals surface area contributed by atoms with Gasteiger partial charge in [-0.2, -0.15) is 5.10 Å². The van der Waals surface area contributed by atoms with Gasteiger partial charge in [0.2, 0.25) is 0 Å². The standard InChI is InChI=1S/C15H16N2O3/c1-10-6-3-4-7-12(10)14(18)15(19)17-16-11(2)13-8-5-9-20-13/h3-9,14,18H,1-2H3,(H,17,19)/b16-11+/t14-/m0/s1. The molecule has 1 amide bonds. The van der Waals surface area contributed by atoms with Crippen LogP contribution in [-0.2, 0) is 4.79 Å². The first-order valence-corrected chi connectivity index (χ1v) is 6.21. The van der Waals surface area contributed by atoms with Crippen molar-refractivity contribution < 1.29 is 14.3 Å². The molecule has 1 heterocycles. The maximum atomic E-state index is 11.9. The normalized spacial score (nSPS) is 13.1. The van der Waals surface area contributed by atoms with Crippen molar-refractivity contribution >= 4 is 11.6 Å². The lowest BCUT2D eigenvalue weighted by Crippen LogP contribution is -2.26. The van der Waals surface area contributed by atoms with Gasteiger partial charge in [-0.25, -0.2) is 5.43 Å². The van der Waals surface area contributed by atoms with Crippen LogP contribution < -0.4 is 5.43 Å². The summed E-state index contributed by atoms with van der Waals surface area (Å²) in [7, 11) is 0. The van der Waals surface area contributed by atoms with Gasteiger partial charge in [-0.3, -0.25) is 4.79 Å². The summed E-state index contributed by atoms with van der Waals surface area (Å²) in [5.74, 6) is -0.0131. The lowest BCUT2D eigenvalue weighted by Gasteiger charge is -2.11. The Hall–Kier alpha value is -2.40. The molecule has 0 spiro atoms. The van der Waals surface area contributed by atoms with E-state index in [1.165, 1.54) is 6.26 Å². The van der Waals surface area contributed by atoms with Crippen molar-refractivity contribution in [3.8, 4) is 0 Å². The quantitative estimate of drug-likeness (QED) is 0.661. The molecule has 0 aliphatic carbocycles. The first-order chi connectivity index (χ1) is 9.59. The summed E-state index contributed by atoms with van der Waals surface area (Å²) in [6, 6.07) is 10.6. The Morgan fingerprint density at radius 3 is 2.70 bits per heavy atom. The summed E-state index contributed by atoms with van der Waals surface area (Å²) in [5.41, 5.74) is 4.28. The minimum atomic E-state index is -1.25. The molecule has 0 fully saturated rings. The zero-order valence-corrected chi connectivity index (χ0v) is 11.3. The zero-order valence-electron chi connectivity index (χ0n) is 11.3. The van der Waals surface area contributed by atoms with Crippen molar-refractivity contribution in [2.24, 2.45) is 5.10 Å². The molecule has 0 bridgehead atoms. The van der Waals surface area contributed by atoms with Crippen LogP contribution in [0.1, 0.15) is 29.9 Å². The monoisotopic (exact) mass is 272 g/mol. The van der Waals surface area contributed by atoms with E-state index in [0.717, 1.165) is 5.56 Å². The molecule has 1 atom stereocenters. The molecule has 2 aromatic rings. The fourth-order valence-corrected chi connectivity index (χ4v) is 1.77. The molecule has 1 aromatic heterocycles. The van der Waals surface area contributed by atoms with Crippen LogP contribution in [0.4, 0.5) is 0 Å². The van der Waals surface area contributed by atoms with Crippen molar-refractivity contribution in [3.63, 3.8) is 0 Å². The number of amides is 1. The van der Waals surface area contributed by atoms with Gasteiger partial charge in [0, 0.05) is 0 Å². The first-order valence-electron chi connectivity index (χ1n) is 6.21. The van der Waals surface area contributed by atoms with Gasteiger partial charge in [0.05, 0.1) is 6.26 Å². The fraction of sp³-hybridized carbons (Fsp3) is 0.200. The molecule has 0 unspecified atom stereocenters. The summed E-state index contributed by atoms with van der Waals surface area (Å²) in [5, 5.41) is 13.9. The molecule has 104 valence electrons. The average molecular weight is 272 g/mol. The molecule has 0 saturated carbocycles. The lowest BCUT2D eigenvalue weighted by atomic mass is 10.0. The molecular weight excluding hydrogens is 256 g/mol. The summed E-state index contributed by atoms with van der Waals surface area (Å²) in [6.45, 7) is 3.54. The van der Waals surface area contributed by atoms with Crippen molar-refractivity contribution in [3.05, 3.63) is 59.5 Å². The van der Waals surface area contributed by atoms with E-state index in [4.69, 9.17) is 4.42 Å². The highest BCUT2D eigenvalue weighted by Crippen LogP contribution is 2.17. The number of nitrogens with one attached hydrogen (secondary N) is 1. The van der Waals surface area contributed by atoms with Gasteiger partial charge in [0.1, 0.15) is 11.5 Å². The second-order valence-electron chi connectivity index (χ2n) is 4.41. The number of furan rings is 1. The van der Waals surface area contributed by atoms with Gasteiger partial charge in [-0.15, -0.1) is 0 Å². The third-order valence-corrected chi connectivity index (χ3v) is 2.94. The number of aryl methyl sites for hydroxylation is 1. The number of hydrogen-bond acceptors (Lipinski definition) is 4. The predicted molar refractivity (Wildman–Crippen MR) is 75.2 cm³/mol. The molecule has 20 heavy (non-hydrogen) atoms. The number of benzene rings is 1. The highest BCUT2D eigenvalue weighted by molar-refractivity contribution is 5.97. The van der Waals surface area contributed by atoms with E-state index in [-0.39, 0.29) is 0 Å². The van der Waals surface area contributed by atoms with Crippen molar-refractivity contribution in [2.75, 3.05) is 0 Å². The van der Waals surface area contributed by atoms with E-state index in [2.05, 4.69) is 10.5 Å². The largest absolute Gasteiger partial charge is 0.463 e. The van der Waals surface area contributed by atoms with E-state index in [9.17, 15) is 9.90 Å². The number of hydrogen-bond donors (Lipinski definition) is 2. The number of carbonyl (C=O) groups excluding carboxylic acids is 1. The third-order valence-electron chi connectivity index (χ3n) is 2.94. The van der Waals surface area contributed by atoms with Crippen LogP contribution in [0.15, 0.2) is 52.2 Å². The molecule has 5 nitrogen and oxygen atoms in total. The Balaban J connectivity index is 2.06. The minimum Gasteiger partial charge on any atom is -0.463 e. The van der Waals surface area contributed by atoms with Gasteiger partial charge < -0.3 is 9.52 Å². The molecule has 0 radical (unpaired) electrons. The van der Waals surface area contributed by atoms with Gasteiger partial charge in [-0.05, 0) is 37.1 Å². The van der Waals surface area contributed by atoms with Crippen LogP contribution in [0.25, 0.3) is 0 Å². The predicted octanol–water partition coefficient (Wildman–Crippen LogP) is 2.16. The van der Waals surface area contributed by atoms with E-state index >= 15 is 0 Å².